The average molecular weight is 235 g/mol. The zero-order valence-electron chi connectivity index (χ0n) is 9.82. The fraction of sp³-hybridized carbons (Fsp3) is 0.333. The molecule has 0 aliphatic heterocycles. The van der Waals surface area contributed by atoms with E-state index in [0.717, 1.165) is 11.3 Å². The minimum absolute atomic E-state index is 0.0718. The lowest BCUT2D eigenvalue weighted by molar-refractivity contribution is -0.121. The van der Waals surface area contributed by atoms with Crippen molar-refractivity contribution in [2.45, 2.75) is 19.9 Å². The van der Waals surface area contributed by atoms with Crippen molar-refractivity contribution >= 4 is 17.5 Å². The van der Waals surface area contributed by atoms with Crippen LogP contribution in [0, 0.1) is 0 Å². The van der Waals surface area contributed by atoms with Gasteiger partial charge in [-0.25, -0.2) is 0 Å². The van der Waals surface area contributed by atoms with Crippen LogP contribution in [0.25, 0.3) is 0 Å². The van der Waals surface area contributed by atoms with Gasteiger partial charge in [0.1, 0.15) is 0 Å². The SMILES string of the molecule is CC(=O)Nc1cccc(CNC(=O)CCN)c1. The Morgan fingerprint density at radius 1 is 1.35 bits per heavy atom. The molecule has 2 amide bonds. The Kier molecular flexibility index (Phi) is 5.16. The van der Waals surface area contributed by atoms with Gasteiger partial charge in [0.25, 0.3) is 0 Å². The van der Waals surface area contributed by atoms with Crippen LogP contribution < -0.4 is 16.4 Å². The van der Waals surface area contributed by atoms with E-state index >= 15 is 0 Å². The Morgan fingerprint density at radius 2 is 2.12 bits per heavy atom. The molecular weight excluding hydrogens is 218 g/mol. The van der Waals surface area contributed by atoms with Crippen molar-refractivity contribution in [2.24, 2.45) is 5.73 Å². The van der Waals surface area contributed by atoms with Gasteiger partial charge in [-0.05, 0) is 17.7 Å². The highest BCUT2D eigenvalue weighted by Gasteiger charge is 2.01. The molecule has 5 heteroatoms. The largest absolute Gasteiger partial charge is 0.352 e. The maximum Gasteiger partial charge on any atom is 0.221 e. The third-order valence-corrected chi connectivity index (χ3v) is 2.11. The molecule has 0 atom stereocenters. The zero-order chi connectivity index (χ0) is 12.7. The lowest BCUT2D eigenvalue weighted by atomic mass is 10.2. The van der Waals surface area contributed by atoms with Crippen molar-refractivity contribution in [2.75, 3.05) is 11.9 Å². The van der Waals surface area contributed by atoms with E-state index in [1.807, 2.05) is 18.2 Å². The van der Waals surface area contributed by atoms with E-state index in [-0.39, 0.29) is 11.8 Å². The van der Waals surface area contributed by atoms with Crippen LogP contribution >= 0.6 is 0 Å². The van der Waals surface area contributed by atoms with Crippen molar-refractivity contribution in [3.63, 3.8) is 0 Å². The normalized spacial score (nSPS) is 9.76. The summed E-state index contributed by atoms with van der Waals surface area (Å²) < 4.78 is 0. The molecule has 0 saturated carbocycles. The first-order valence-electron chi connectivity index (χ1n) is 5.45. The molecule has 0 aliphatic rings. The molecule has 0 unspecified atom stereocenters. The summed E-state index contributed by atoms with van der Waals surface area (Å²) in [6.07, 6.45) is 0.325. The van der Waals surface area contributed by atoms with E-state index in [1.54, 1.807) is 6.07 Å². The van der Waals surface area contributed by atoms with E-state index in [0.29, 0.717) is 19.5 Å². The topological polar surface area (TPSA) is 84.2 Å². The van der Waals surface area contributed by atoms with Crippen LogP contribution in [0.1, 0.15) is 18.9 Å². The molecule has 5 nitrogen and oxygen atoms in total. The minimum atomic E-state index is -0.116. The highest BCUT2D eigenvalue weighted by molar-refractivity contribution is 5.88. The van der Waals surface area contributed by atoms with E-state index in [1.165, 1.54) is 6.92 Å². The van der Waals surface area contributed by atoms with E-state index < -0.39 is 0 Å². The molecule has 1 rings (SSSR count). The van der Waals surface area contributed by atoms with Gasteiger partial charge in [0.05, 0.1) is 0 Å². The van der Waals surface area contributed by atoms with Gasteiger partial charge in [-0.3, -0.25) is 9.59 Å². The van der Waals surface area contributed by atoms with Crippen LogP contribution in [0.5, 0.6) is 0 Å². The maximum absolute atomic E-state index is 11.2. The Balaban J connectivity index is 2.53. The van der Waals surface area contributed by atoms with Crippen molar-refractivity contribution in [3.05, 3.63) is 29.8 Å². The molecule has 17 heavy (non-hydrogen) atoms. The highest BCUT2D eigenvalue weighted by atomic mass is 16.2. The van der Waals surface area contributed by atoms with Crippen molar-refractivity contribution < 1.29 is 9.59 Å². The fourth-order valence-corrected chi connectivity index (χ4v) is 1.38. The predicted molar refractivity (Wildman–Crippen MR) is 66.3 cm³/mol. The third-order valence-electron chi connectivity index (χ3n) is 2.11. The van der Waals surface area contributed by atoms with Gasteiger partial charge >= 0.3 is 0 Å². The molecule has 0 radical (unpaired) electrons. The second-order valence-corrected chi connectivity index (χ2v) is 3.70. The summed E-state index contributed by atoms with van der Waals surface area (Å²) in [6, 6.07) is 7.33. The van der Waals surface area contributed by atoms with Crippen LogP contribution in [0.3, 0.4) is 0 Å². The van der Waals surface area contributed by atoms with Gasteiger partial charge in [-0.2, -0.15) is 0 Å². The zero-order valence-corrected chi connectivity index (χ0v) is 9.82. The summed E-state index contributed by atoms with van der Waals surface area (Å²) in [5.41, 5.74) is 6.93. The molecular formula is C12H17N3O2. The number of rotatable bonds is 5. The van der Waals surface area contributed by atoms with Gasteiger partial charge in [-0.1, -0.05) is 12.1 Å². The van der Waals surface area contributed by atoms with Gasteiger partial charge < -0.3 is 16.4 Å². The number of nitrogens with one attached hydrogen (secondary N) is 2. The third kappa shape index (κ3) is 5.12. The van der Waals surface area contributed by atoms with Gasteiger partial charge in [0.15, 0.2) is 0 Å². The van der Waals surface area contributed by atoms with Crippen molar-refractivity contribution in [1.29, 1.82) is 0 Å². The fourth-order valence-electron chi connectivity index (χ4n) is 1.38. The smallest absolute Gasteiger partial charge is 0.221 e. The van der Waals surface area contributed by atoms with Crippen molar-refractivity contribution in [3.8, 4) is 0 Å². The highest BCUT2D eigenvalue weighted by Crippen LogP contribution is 2.10. The quantitative estimate of drug-likeness (QED) is 0.699. The van der Waals surface area contributed by atoms with E-state index in [2.05, 4.69) is 10.6 Å². The number of hydrogen-bond donors (Lipinski definition) is 3. The van der Waals surface area contributed by atoms with E-state index in [4.69, 9.17) is 5.73 Å². The molecule has 1 aromatic rings. The summed E-state index contributed by atoms with van der Waals surface area (Å²) in [4.78, 5) is 22.1. The Bertz CT molecular complexity index is 404. The molecule has 0 aromatic heterocycles. The average Bonchev–Trinajstić information content (AvgIpc) is 2.26. The molecule has 0 bridgehead atoms. The summed E-state index contributed by atoms with van der Waals surface area (Å²) in [6.45, 7) is 2.24. The van der Waals surface area contributed by atoms with Crippen LogP contribution in [0.2, 0.25) is 0 Å². The van der Waals surface area contributed by atoms with Crippen LogP contribution in [-0.4, -0.2) is 18.4 Å². The standard InChI is InChI=1S/C12H17N3O2/c1-9(16)15-11-4-2-3-10(7-11)8-14-12(17)5-6-13/h2-4,7H,5-6,8,13H2,1H3,(H,14,17)(H,15,16). The number of carbonyl (C=O) groups excluding carboxylic acids is 2. The van der Waals surface area contributed by atoms with E-state index in [9.17, 15) is 9.59 Å². The van der Waals surface area contributed by atoms with Gasteiger partial charge in [0.2, 0.25) is 11.8 Å². The first-order chi connectivity index (χ1) is 8.11. The maximum atomic E-state index is 11.2. The molecule has 0 spiro atoms. The molecule has 1 aromatic carbocycles. The minimum Gasteiger partial charge on any atom is -0.352 e. The van der Waals surface area contributed by atoms with Crippen LogP contribution in [0.4, 0.5) is 5.69 Å². The number of hydrogen-bond acceptors (Lipinski definition) is 3. The second kappa shape index (κ2) is 6.65. The predicted octanol–water partition coefficient (Wildman–Crippen LogP) is 0.610. The summed E-state index contributed by atoms with van der Waals surface area (Å²) in [7, 11) is 0. The number of benzene rings is 1. The molecule has 0 aliphatic carbocycles. The second-order valence-electron chi connectivity index (χ2n) is 3.70. The van der Waals surface area contributed by atoms with Crippen LogP contribution in [-0.2, 0) is 16.1 Å². The Morgan fingerprint density at radius 3 is 2.76 bits per heavy atom. The molecule has 4 N–H and O–H groups in total. The molecule has 0 saturated heterocycles. The van der Waals surface area contributed by atoms with Gasteiger partial charge in [0, 0.05) is 32.1 Å². The number of carbonyl (C=O) groups is 2. The summed E-state index contributed by atoms with van der Waals surface area (Å²) >= 11 is 0. The Hall–Kier alpha value is -1.88. The number of anilines is 1. The summed E-state index contributed by atoms with van der Waals surface area (Å²) in [5, 5.41) is 5.44. The lowest BCUT2D eigenvalue weighted by Gasteiger charge is -2.07. The number of nitrogens with two attached hydrogens (primary N) is 1. The first-order valence-corrected chi connectivity index (χ1v) is 5.45. The van der Waals surface area contributed by atoms with Crippen molar-refractivity contribution in [1.82, 2.24) is 5.32 Å². The lowest BCUT2D eigenvalue weighted by Crippen LogP contribution is -2.25. The molecule has 0 fully saturated rings. The Labute approximate surface area is 100 Å². The number of amides is 2. The van der Waals surface area contributed by atoms with Gasteiger partial charge in [-0.15, -0.1) is 0 Å². The first kappa shape index (κ1) is 13.2. The monoisotopic (exact) mass is 235 g/mol. The molecule has 92 valence electrons. The van der Waals surface area contributed by atoms with Crippen LogP contribution in [0.15, 0.2) is 24.3 Å². The molecule has 0 heterocycles. The summed E-state index contributed by atoms with van der Waals surface area (Å²) in [5.74, 6) is -0.188.